The van der Waals surface area contributed by atoms with E-state index < -0.39 is 0 Å². The molecular formula is C14H17ClFN3. The number of benzene rings is 1. The fourth-order valence-electron chi connectivity index (χ4n) is 2.05. The van der Waals surface area contributed by atoms with Crippen molar-refractivity contribution in [2.24, 2.45) is 7.05 Å². The SMILES string of the molecule is CCNC(Cc1ccc(Cl)cc1F)c1ccn(C)n1. The van der Waals surface area contributed by atoms with Gasteiger partial charge in [0.2, 0.25) is 0 Å². The van der Waals surface area contributed by atoms with Gasteiger partial charge in [0.25, 0.3) is 0 Å². The van der Waals surface area contributed by atoms with E-state index in [2.05, 4.69) is 10.4 Å². The lowest BCUT2D eigenvalue weighted by molar-refractivity contribution is 0.511. The van der Waals surface area contributed by atoms with Crippen LogP contribution >= 0.6 is 11.6 Å². The maximum Gasteiger partial charge on any atom is 0.127 e. The summed E-state index contributed by atoms with van der Waals surface area (Å²) in [6.07, 6.45) is 2.44. The molecule has 5 heteroatoms. The van der Waals surface area contributed by atoms with Crippen molar-refractivity contribution in [3.63, 3.8) is 0 Å². The van der Waals surface area contributed by atoms with Crippen molar-refractivity contribution in [2.75, 3.05) is 6.54 Å². The predicted octanol–water partition coefficient (Wildman–Crippen LogP) is 3.11. The molecule has 1 aromatic heterocycles. The van der Waals surface area contributed by atoms with Gasteiger partial charge < -0.3 is 5.32 Å². The van der Waals surface area contributed by atoms with Gasteiger partial charge in [-0.3, -0.25) is 4.68 Å². The highest BCUT2D eigenvalue weighted by atomic mass is 35.5. The van der Waals surface area contributed by atoms with Crippen molar-refractivity contribution in [2.45, 2.75) is 19.4 Å². The Balaban J connectivity index is 2.21. The zero-order chi connectivity index (χ0) is 13.8. The Morgan fingerprint density at radius 2 is 2.21 bits per heavy atom. The van der Waals surface area contributed by atoms with E-state index in [1.165, 1.54) is 6.07 Å². The van der Waals surface area contributed by atoms with Crippen molar-refractivity contribution in [3.05, 3.63) is 52.6 Å². The number of hydrogen-bond donors (Lipinski definition) is 1. The van der Waals surface area contributed by atoms with Crippen LogP contribution in [-0.4, -0.2) is 16.3 Å². The quantitative estimate of drug-likeness (QED) is 0.913. The van der Waals surface area contributed by atoms with Gasteiger partial charge in [0.1, 0.15) is 5.82 Å². The summed E-state index contributed by atoms with van der Waals surface area (Å²) in [4.78, 5) is 0. The molecular weight excluding hydrogens is 265 g/mol. The molecule has 2 rings (SSSR count). The van der Waals surface area contributed by atoms with Crippen LogP contribution in [-0.2, 0) is 13.5 Å². The summed E-state index contributed by atoms with van der Waals surface area (Å²) in [7, 11) is 1.87. The van der Waals surface area contributed by atoms with Gasteiger partial charge in [0.05, 0.1) is 11.7 Å². The number of likely N-dealkylation sites (N-methyl/N-ethyl adjacent to an activating group) is 1. The number of nitrogens with zero attached hydrogens (tertiary/aromatic N) is 2. The van der Waals surface area contributed by atoms with Crippen LogP contribution < -0.4 is 5.32 Å². The summed E-state index contributed by atoms with van der Waals surface area (Å²) in [5, 5.41) is 8.12. The molecule has 0 aliphatic carbocycles. The second-order valence-corrected chi connectivity index (χ2v) is 4.90. The standard InChI is InChI=1S/C14H17ClFN3/c1-3-17-14(13-6-7-19(2)18-13)8-10-4-5-11(15)9-12(10)16/h4-7,9,14,17H,3,8H2,1-2H3. The molecule has 3 nitrogen and oxygen atoms in total. The van der Waals surface area contributed by atoms with Crippen molar-refractivity contribution >= 4 is 11.6 Å². The van der Waals surface area contributed by atoms with E-state index in [1.807, 2.05) is 26.2 Å². The molecule has 1 aromatic carbocycles. The molecule has 102 valence electrons. The van der Waals surface area contributed by atoms with Gasteiger partial charge in [-0.1, -0.05) is 24.6 Å². The monoisotopic (exact) mass is 281 g/mol. The van der Waals surface area contributed by atoms with Crippen LogP contribution in [0.1, 0.15) is 24.2 Å². The predicted molar refractivity (Wildman–Crippen MR) is 74.7 cm³/mol. The second kappa shape index (κ2) is 6.17. The third-order valence-electron chi connectivity index (χ3n) is 2.98. The Kier molecular flexibility index (Phi) is 4.56. The first-order chi connectivity index (χ1) is 9.10. The molecule has 2 aromatic rings. The Morgan fingerprint density at radius 3 is 2.79 bits per heavy atom. The highest BCUT2D eigenvalue weighted by Crippen LogP contribution is 2.21. The largest absolute Gasteiger partial charge is 0.309 e. The normalized spacial score (nSPS) is 12.6. The summed E-state index contributed by atoms with van der Waals surface area (Å²) in [6, 6.07) is 6.73. The summed E-state index contributed by atoms with van der Waals surface area (Å²) < 4.78 is 15.6. The van der Waals surface area contributed by atoms with Gasteiger partial charge in [-0.05, 0) is 36.7 Å². The fourth-order valence-corrected chi connectivity index (χ4v) is 2.21. The van der Waals surface area contributed by atoms with Crippen LogP contribution in [0, 0.1) is 5.82 Å². The van der Waals surface area contributed by atoms with Crippen LogP contribution in [0.4, 0.5) is 4.39 Å². The molecule has 19 heavy (non-hydrogen) atoms. The summed E-state index contributed by atoms with van der Waals surface area (Å²) in [5.74, 6) is -0.272. The minimum Gasteiger partial charge on any atom is -0.309 e. The molecule has 0 aliphatic rings. The zero-order valence-electron chi connectivity index (χ0n) is 11.0. The summed E-state index contributed by atoms with van der Waals surface area (Å²) in [5.41, 5.74) is 1.56. The molecule has 1 heterocycles. The Morgan fingerprint density at radius 1 is 1.42 bits per heavy atom. The summed E-state index contributed by atoms with van der Waals surface area (Å²) in [6.45, 7) is 2.82. The lowest BCUT2D eigenvalue weighted by Gasteiger charge is -2.16. The van der Waals surface area contributed by atoms with E-state index in [0.717, 1.165) is 12.2 Å². The third-order valence-corrected chi connectivity index (χ3v) is 3.22. The van der Waals surface area contributed by atoms with Crippen molar-refractivity contribution in [1.29, 1.82) is 0 Å². The number of halogens is 2. The van der Waals surface area contributed by atoms with E-state index in [4.69, 9.17) is 11.6 Å². The Hall–Kier alpha value is -1.39. The molecule has 0 spiro atoms. The third kappa shape index (κ3) is 3.55. The number of nitrogens with one attached hydrogen (secondary N) is 1. The average molecular weight is 282 g/mol. The van der Waals surface area contributed by atoms with E-state index in [0.29, 0.717) is 17.0 Å². The molecule has 0 saturated heterocycles. The molecule has 0 saturated carbocycles. The first-order valence-corrected chi connectivity index (χ1v) is 6.64. The molecule has 1 N–H and O–H groups in total. The molecule has 0 aliphatic heterocycles. The molecule has 0 bridgehead atoms. The highest BCUT2D eigenvalue weighted by molar-refractivity contribution is 6.30. The number of aromatic nitrogens is 2. The lowest BCUT2D eigenvalue weighted by atomic mass is 10.0. The second-order valence-electron chi connectivity index (χ2n) is 4.46. The molecule has 0 radical (unpaired) electrons. The van der Waals surface area contributed by atoms with Crippen LogP contribution in [0.2, 0.25) is 5.02 Å². The van der Waals surface area contributed by atoms with Crippen LogP contribution in [0.25, 0.3) is 0 Å². The van der Waals surface area contributed by atoms with E-state index in [1.54, 1.807) is 16.8 Å². The molecule has 1 atom stereocenters. The smallest absolute Gasteiger partial charge is 0.127 e. The highest BCUT2D eigenvalue weighted by Gasteiger charge is 2.16. The van der Waals surface area contributed by atoms with Crippen molar-refractivity contribution in [3.8, 4) is 0 Å². The topological polar surface area (TPSA) is 29.9 Å². The first-order valence-electron chi connectivity index (χ1n) is 6.27. The minimum atomic E-state index is -0.272. The van der Waals surface area contributed by atoms with Gasteiger partial charge in [0.15, 0.2) is 0 Å². The summed E-state index contributed by atoms with van der Waals surface area (Å²) >= 11 is 5.76. The van der Waals surface area contributed by atoms with Crippen molar-refractivity contribution < 1.29 is 4.39 Å². The van der Waals surface area contributed by atoms with Crippen LogP contribution in [0.5, 0.6) is 0 Å². The van der Waals surface area contributed by atoms with Gasteiger partial charge in [-0.2, -0.15) is 5.10 Å². The van der Waals surface area contributed by atoms with Gasteiger partial charge in [0, 0.05) is 18.3 Å². The van der Waals surface area contributed by atoms with Crippen LogP contribution in [0.3, 0.4) is 0 Å². The molecule has 0 fully saturated rings. The van der Waals surface area contributed by atoms with Crippen LogP contribution in [0.15, 0.2) is 30.5 Å². The average Bonchev–Trinajstić information content (AvgIpc) is 2.78. The van der Waals surface area contributed by atoms with Gasteiger partial charge in [-0.25, -0.2) is 4.39 Å². The van der Waals surface area contributed by atoms with Gasteiger partial charge in [-0.15, -0.1) is 0 Å². The minimum absolute atomic E-state index is 0.00174. The Labute approximate surface area is 117 Å². The molecule has 1 unspecified atom stereocenters. The van der Waals surface area contributed by atoms with E-state index >= 15 is 0 Å². The number of rotatable bonds is 5. The Bertz CT molecular complexity index is 553. The first kappa shape index (κ1) is 14.0. The van der Waals surface area contributed by atoms with E-state index in [-0.39, 0.29) is 11.9 Å². The maximum absolute atomic E-state index is 13.8. The number of aryl methyl sites for hydroxylation is 1. The number of hydrogen-bond acceptors (Lipinski definition) is 2. The maximum atomic E-state index is 13.8. The lowest BCUT2D eigenvalue weighted by Crippen LogP contribution is -2.24. The van der Waals surface area contributed by atoms with E-state index in [9.17, 15) is 4.39 Å². The molecule has 0 amide bonds. The van der Waals surface area contributed by atoms with Gasteiger partial charge >= 0.3 is 0 Å². The zero-order valence-corrected chi connectivity index (χ0v) is 11.8. The van der Waals surface area contributed by atoms with Crippen molar-refractivity contribution in [1.82, 2.24) is 15.1 Å². The fraction of sp³-hybridized carbons (Fsp3) is 0.357.